The highest BCUT2D eigenvalue weighted by Gasteiger charge is 2.17. The number of anilines is 2. The molecule has 0 spiro atoms. The molecule has 0 saturated carbocycles. The number of nitrogens with zero attached hydrogens (tertiary/aromatic N) is 4. The van der Waals surface area contributed by atoms with Crippen LogP contribution >= 0.6 is 0 Å². The molecule has 0 radical (unpaired) electrons. The fourth-order valence-electron chi connectivity index (χ4n) is 2.60. The van der Waals surface area contributed by atoms with Crippen molar-refractivity contribution in [3.05, 3.63) is 45.6 Å². The van der Waals surface area contributed by atoms with Gasteiger partial charge in [0.15, 0.2) is 6.61 Å². The molecular formula is C20H25N7O4. The fraction of sp³-hybridized carbons (Fsp3) is 0.350. The summed E-state index contributed by atoms with van der Waals surface area (Å²) in [5.41, 5.74) is 9.68. The van der Waals surface area contributed by atoms with Gasteiger partial charge in [0.1, 0.15) is 12.4 Å². The lowest BCUT2D eigenvalue weighted by Gasteiger charge is -2.21. The largest absolute Gasteiger partial charge is 0.435 e. The molecule has 2 amide bonds. The molecule has 164 valence electrons. The summed E-state index contributed by atoms with van der Waals surface area (Å²) in [6, 6.07) is 3.43. The van der Waals surface area contributed by atoms with Crippen LogP contribution in [0.2, 0.25) is 0 Å². The summed E-state index contributed by atoms with van der Waals surface area (Å²) in [6.45, 7) is 5.13. The van der Waals surface area contributed by atoms with Crippen LogP contribution in [0.4, 0.5) is 16.4 Å². The molecule has 2 aromatic heterocycles. The minimum atomic E-state index is -0.751. The molecule has 0 aliphatic carbocycles. The Morgan fingerprint density at radius 1 is 1.35 bits per heavy atom. The van der Waals surface area contributed by atoms with Crippen molar-refractivity contribution < 1.29 is 14.3 Å². The maximum absolute atomic E-state index is 12.8. The van der Waals surface area contributed by atoms with E-state index in [1.54, 1.807) is 32.9 Å². The molecule has 11 heteroatoms. The van der Waals surface area contributed by atoms with Crippen LogP contribution in [-0.2, 0) is 22.6 Å². The van der Waals surface area contributed by atoms with Crippen LogP contribution in [-0.4, -0.2) is 44.7 Å². The Labute approximate surface area is 179 Å². The third-order valence-electron chi connectivity index (χ3n) is 4.30. The average Bonchev–Trinajstić information content (AvgIpc) is 2.73. The van der Waals surface area contributed by atoms with E-state index in [4.69, 9.17) is 16.9 Å². The van der Waals surface area contributed by atoms with Crippen molar-refractivity contribution >= 4 is 23.6 Å². The number of ether oxygens (including phenoxy) is 1. The van der Waals surface area contributed by atoms with Crippen LogP contribution in [0, 0.1) is 26.2 Å². The molecule has 0 bridgehead atoms. The van der Waals surface area contributed by atoms with Gasteiger partial charge in [-0.3, -0.25) is 19.6 Å². The summed E-state index contributed by atoms with van der Waals surface area (Å²) in [4.78, 5) is 45.4. The third-order valence-corrected chi connectivity index (χ3v) is 4.30. The molecule has 11 nitrogen and oxygen atoms in total. The van der Waals surface area contributed by atoms with Crippen LogP contribution in [0.1, 0.15) is 23.9 Å². The number of terminal acetylenes is 1. The van der Waals surface area contributed by atoms with Gasteiger partial charge in [-0.1, -0.05) is 12.0 Å². The normalized spacial score (nSPS) is 10.1. The Kier molecular flexibility index (Phi) is 7.96. The van der Waals surface area contributed by atoms with Gasteiger partial charge in [-0.05, 0) is 32.4 Å². The first-order valence-corrected chi connectivity index (χ1v) is 9.46. The van der Waals surface area contributed by atoms with E-state index in [0.717, 1.165) is 10.6 Å². The van der Waals surface area contributed by atoms with Crippen molar-refractivity contribution in [1.29, 1.82) is 0 Å². The highest BCUT2D eigenvalue weighted by Crippen LogP contribution is 2.08. The zero-order chi connectivity index (χ0) is 23.0. The molecule has 4 N–H and O–H groups in total. The first-order chi connectivity index (χ1) is 14.8. The van der Waals surface area contributed by atoms with E-state index in [2.05, 4.69) is 26.6 Å². The molecular weight excluding hydrogens is 402 g/mol. The number of hydrogen-bond acceptors (Lipinski definition) is 8. The Morgan fingerprint density at radius 3 is 2.74 bits per heavy atom. The summed E-state index contributed by atoms with van der Waals surface area (Å²) in [6.07, 6.45) is 5.75. The Hall–Kier alpha value is -4.07. The van der Waals surface area contributed by atoms with Gasteiger partial charge < -0.3 is 15.8 Å². The van der Waals surface area contributed by atoms with Gasteiger partial charge in [-0.25, -0.2) is 19.8 Å². The van der Waals surface area contributed by atoms with E-state index in [0.29, 0.717) is 17.2 Å². The summed E-state index contributed by atoms with van der Waals surface area (Å²) < 4.78 is 6.09. The second-order valence-corrected chi connectivity index (χ2v) is 6.51. The molecule has 0 atom stereocenters. The van der Waals surface area contributed by atoms with E-state index < -0.39 is 11.7 Å². The first kappa shape index (κ1) is 23.2. The molecule has 2 aromatic rings. The van der Waals surface area contributed by atoms with Gasteiger partial charge in [0, 0.05) is 30.7 Å². The summed E-state index contributed by atoms with van der Waals surface area (Å²) in [7, 11) is 0. The lowest BCUT2D eigenvalue weighted by molar-refractivity contribution is -0.121. The number of nitrogen functional groups attached to an aromatic ring is 1. The topological polar surface area (TPSA) is 144 Å². The number of rotatable bonds is 8. The minimum Gasteiger partial charge on any atom is -0.435 e. The standard InChI is InChI=1S/C20H25N7O4/c1-5-9-31-20(30)27(6-2)25-18-19(29)26(13(3)10-23-18)12-17(28)22-11-15-7-8-16(21)24-14(15)4/h1,7-8,10H,6,9,11-12H2,2-4H3,(H2,21,24)(H,22,28)(H,23,25). The SMILES string of the molecule is C#CCOC(=O)N(CC)Nc1ncc(C)n(CC(=O)NCc2ccc(N)nc2C)c1=O. The Bertz CT molecular complexity index is 1060. The van der Waals surface area contributed by atoms with Gasteiger partial charge >= 0.3 is 6.09 Å². The van der Waals surface area contributed by atoms with E-state index >= 15 is 0 Å². The number of carbonyl (C=O) groups is 2. The maximum atomic E-state index is 12.8. The summed E-state index contributed by atoms with van der Waals surface area (Å²) in [5, 5.41) is 3.80. The molecule has 0 unspecified atom stereocenters. The Morgan fingerprint density at radius 2 is 2.10 bits per heavy atom. The van der Waals surface area contributed by atoms with Crippen molar-refractivity contribution in [3.63, 3.8) is 0 Å². The van der Waals surface area contributed by atoms with Gasteiger partial charge in [0.25, 0.3) is 5.56 Å². The van der Waals surface area contributed by atoms with E-state index in [9.17, 15) is 14.4 Å². The third kappa shape index (κ3) is 6.20. The van der Waals surface area contributed by atoms with Gasteiger partial charge in [0.05, 0.1) is 0 Å². The number of pyridine rings is 1. The predicted octanol–water partition coefficient (Wildman–Crippen LogP) is 0.572. The predicted molar refractivity (Wildman–Crippen MR) is 115 cm³/mol. The molecule has 2 heterocycles. The smallest absolute Gasteiger partial charge is 0.429 e. The van der Waals surface area contributed by atoms with Crippen molar-refractivity contribution in [3.8, 4) is 12.3 Å². The van der Waals surface area contributed by atoms with E-state index in [1.807, 2.05) is 0 Å². The summed E-state index contributed by atoms with van der Waals surface area (Å²) in [5.74, 6) is 2.08. The number of aryl methyl sites for hydroxylation is 2. The number of hydrazine groups is 1. The lowest BCUT2D eigenvalue weighted by Crippen LogP contribution is -2.41. The van der Waals surface area contributed by atoms with E-state index in [-0.39, 0.29) is 38.0 Å². The quantitative estimate of drug-likeness (QED) is 0.410. The number of nitrogens with two attached hydrogens (primary N) is 1. The van der Waals surface area contributed by atoms with Crippen molar-refractivity contribution in [1.82, 2.24) is 24.9 Å². The van der Waals surface area contributed by atoms with Gasteiger partial charge in [0.2, 0.25) is 11.7 Å². The minimum absolute atomic E-state index is 0.128. The number of amides is 2. The van der Waals surface area contributed by atoms with Gasteiger partial charge in [-0.15, -0.1) is 6.42 Å². The molecule has 2 rings (SSSR count). The Balaban J connectivity index is 2.10. The highest BCUT2D eigenvalue weighted by molar-refractivity contribution is 5.76. The molecule has 0 fully saturated rings. The van der Waals surface area contributed by atoms with E-state index in [1.165, 1.54) is 10.8 Å². The zero-order valence-electron chi connectivity index (χ0n) is 17.6. The molecule has 0 saturated heterocycles. The van der Waals surface area contributed by atoms with Crippen molar-refractivity contribution in [2.75, 3.05) is 24.3 Å². The monoisotopic (exact) mass is 427 g/mol. The lowest BCUT2D eigenvalue weighted by atomic mass is 10.2. The second kappa shape index (κ2) is 10.6. The first-order valence-electron chi connectivity index (χ1n) is 9.46. The zero-order valence-corrected chi connectivity index (χ0v) is 17.6. The number of nitrogens with one attached hydrogen (secondary N) is 2. The molecule has 0 aromatic carbocycles. The van der Waals surface area contributed by atoms with Crippen LogP contribution < -0.4 is 22.0 Å². The summed E-state index contributed by atoms with van der Waals surface area (Å²) >= 11 is 0. The number of hydrogen-bond donors (Lipinski definition) is 3. The van der Waals surface area contributed by atoms with Crippen LogP contribution in [0.15, 0.2) is 23.1 Å². The fourth-order valence-corrected chi connectivity index (χ4v) is 2.60. The van der Waals surface area contributed by atoms with Crippen LogP contribution in [0.5, 0.6) is 0 Å². The molecule has 0 aliphatic heterocycles. The van der Waals surface area contributed by atoms with Crippen LogP contribution in [0.25, 0.3) is 0 Å². The second-order valence-electron chi connectivity index (χ2n) is 6.51. The number of carbonyl (C=O) groups excluding carboxylic acids is 2. The van der Waals surface area contributed by atoms with Gasteiger partial charge in [-0.2, -0.15) is 0 Å². The molecule has 0 aliphatic rings. The average molecular weight is 427 g/mol. The molecule has 31 heavy (non-hydrogen) atoms. The van der Waals surface area contributed by atoms with Crippen molar-refractivity contribution in [2.45, 2.75) is 33.9 Å². The number of aromatic nitrogens is 3. The van der Waals surface area contributed by atoms with Crippen molar-refractivity contribution in [2.24, 2.45) is 0 Å². The maximum Gasteiger partial charge on any atom is 0.429 e. The van der Waals surface area contributed by atoms with Crippen LogP contribution in [0.3, 0.4) is 0 Å². The highest BCUT2D eigenvalue weighted by atomic mass is 16.6.